The molecule has 0 spiro atoms. The highest BCUT2D eigenvalue weighted by Gasteiger charge is 2.37. The summed E-state index contributed by atoms with van der Waals surface area (Å²) >= 11 is 0. The first kappa shape index (κ1) is 14.0. The standard InChI is InChI=1S/C12H19N3O4/c1-7-5-15(12(18)13-11(7)17)10-4-8(14(2)3)9(6-16)19-10/h5,8-10,16H,4,6H2,1-3H3,(H,13,17,18)/t8-,9+,10+/m1/s1. The highest BCUT2D eigenvalue weighted by molar-refractivity contribution is 5.02. The maximum absolute atomic E-state index is 11.8. The van der Waals surface area contributed by atoms with Crippen LogP contribution in [0.2, 0.25) is 0 Å². The van der Waals surface area contributed by atoms with Gasteiger partial charge in [-0.1, -0.05) is 0 Å². The van der Waals surface area contributed by atoms with Crippen molar-refractivity contribution in [2.24, 2.45) is 0 Å². The summed E-state index contributed by atoms with van der Waals surface area (Å²) in [7, 11) is 3.81. The average Bonchev–Trinajstić information content (AvgIpc) is 2.77. The molecule has 106 valence electrons. The zero-order valence-corrected chi connectivity index (χ0v) is 11.3. The SMILES string of the molecule is Cc1cn([C@@H]2C[C@@H](N(C)C)[C@H](CO)O2)c(=O)[nH]c1=O. The summed E-state index contributed by atoms with van der Waals surface area (Å²) in [5.41, 5.74) is -0.420. The molecule has 0 radical (unpaired) electrons. The quantitative estimate of drug-likeness (QED) is 0.739. The van der Waals surface area contributed by atoms with E-state index >= 15 is 0 Å². The van der Waals surface area contributed by atoms with Crippen LogP contribution in [-0.4, -0.2) is 52.4 Å². The fourth-order valence-corrected chi connectivity index (χ4v) is 2.39. The van der Waals surface area contributed by atoms with Crippen molar-refractivity contribution in [1.82, 2.24) is 14.5 Å². The summed E-state index contributed by atoms with van der Waals surface area (Å²) in [6.07, 6.45) is 1.29. The Balaban J connectivity index is 2.32. The van der Waals surface area contributed by atoms with E-state index in [1.807, 2.05) is 19.0 Å². The van der Waals surface area contributed by atoms with Crippen LogP contribution in [0.1, 0.15) is 18.2 Å². The van der Waals surface area contributed by atoms with Crippen LogP contribution in [0.3, 0.4) is 0 Å². The van der Waals surface area contributed by atoms with Gasteiger partial charge in [0.15, 0.2) is 0 Å². The van der Waals surface area contributed by atoms with Gasteiger partial charge in [-0.2, -0.15) is 0 Å². The zero-order chi connectivity index (χ0) is 14.2. The Hall–Kier alpha value is -1.44. The van der Waals surface area contributed by atoms with Crippen molar-refractivity contribution >= 4 is 0 Å². The van der Waals surface area contributed by atoms with Gasteiger partial charge in [0.1, 0.15) is 6.23 Å². The van der Waals surface area contributed by atoms with Gasteiger partial charge in [-0.15, -0.1) is 0 Å². The minimum atomic E-state index is -0.489. The van der Waals surface area contributed by atoms with E-state index in [9.17, 15) is 14.7 Å². The van der Waals surface area contributed by atoms with Crippen LogP contribution in [0.5, 0.6) is 0 Å². The molecule has 2 rings (SSSR count). The van der Waals surface area contributed by atoms with Gasteiger partial charge in [-0.05, 0) is 21.0 Å². The molecule has 1 aromatic rings. The number of hydrogen-bond donors (Lipinski definition) is 2. The molecule has 0 unspecified atom stereocenters. The first-order chi connectivity index (χ1) is 8.93. The van der Waals surface area contributed by atoms with Gasteiger partial charge in [-0.3, -0.25) is 14.3 Å². The van der Waals surface area contributed by atoms with Crippen LogP contribution in [-0.2, 0) is 4.74 Å². The van der Waals surface area contributed by atoms with Gasteiger partial charge < -0.3 is 14.7 Å². The number of H-pyrrole nitrogens is 1. The Morgan fingerprint density at radius 2 is 2.21 bits per heavy atom. The number of aliphatic hydroxyl groups excluding tert-OH is 1. The summed E-state index contributed by atoms with van der Waals surface area (Å²) in [6.45, 7) is 1.53. The fraction of sp³-hybridized carbons (Fsp3) is 0.667. The molecule has 7 heteroatoms. The van der Waals surface area contributed by atoms with E-state index in [1.54, 1.807) is 6.92 Å². The molecular formula is C12H19N3O4. The maximum Gasteiger partial charge on any atom is 0.330 e. The van der Waals surface area contributed by atoms with Crippen LogP contribution in [0.4, 0.5) is 0 Å². The van der Waals surface area contributed by atoms with Gasteiger partial charge in [0.25, 0.3) is 5.56 Å². The third-order valence-corrected chi connectivity index (χ3v) is 3.50. The number of ether oxygens (including phenoxy) is 1. The molecule has 0 aliphatic carbocycles. The first-order valence-corrected chi connectivity index (χ1v) is 6.19. The van der Waals surface area contributed by atoms with Crippen molar-refractivity contribution in [3.63, 3.8) is 0 Å². The Morgan fingerprint density at radius 1 is 1.53 bits per heavy atom. The molecule has 1 aliphatic rings. The van der Waals surface area contributed by atoms with E-state index in [-0.39, 0.29) is 24.3 Å². The number of hydrogen-bond acceptors (Lipinski definition) is 5. The molecule has 19 heavy (non-hydrogen) atoms. The lowest BCUT2D eigenvalue weighted by Crippen LogP contribution is -2.37. The molecule has 0 amide bonds. The minimum absolute atomic E-state index is 0.0362. The van der Waals surface area contributed by atoms with Crippen LogP contribution >= 0.6 is 0 Å². The third-order valence-electron chi connectivity index (χ3n) is 3.50. The third kappa shape index (κ3) is 2.63. The van der Waals surface area contributed by atoms with Crippen molar-refractivity contribution in [2.75, 3.05) is 20.7 Å². The number of aryl methyl sites for hydroxylation is 1. The monoisotopic (exact) mass is 269 g/mol. The van der Waals surface area contributed by atoms with Crippen LogP contribution in [0.15, 0.2) is 15.8 Å². The minimum Gasteiger partial charge on any atom is -0.394 e. The molecular weight excluding hydrogens is 250 g/mol. The molecule has 0 saturated carbocycles. The molecule has 2 heterocycles. The Morgan fingerprint density at radius 3 is 2.74 bits per heavy atom. The van der Waals surface area contributed by atoms with E-state index in [0.29, 0.717) is 12.0 Å². The molecule has 1 fully saturated rings. The lowest BCUT2D eigenvalue weighted by Gasteiger charge is -2.22. The highest BCUT2D eigenvalue weighted by Crippen LogP contribution is 2.29. The van der Waals surface area contributed by atoms with Gasteiger partial charge in [-0.25, -0.2) is 4.79 Å². The molecule has 1 aromatic heterocycles. The van der Waals surface area contributed by atoms with Crippen LogP contribution in [0.25, 0.3) is 0 Å². The predicted octanol–water partition coefficient (Wildman–Crippen LogP) is -0.945. The van der Waals surface area contributed by atoms with E-state index in [2.05, 4.69) is 4.98 Å². The van der Waals surface area contributed by atoms with Gasteiger partial charge in [0.05, 0.1) is 12.7 Å². The van der Waals surface area contributed by atoms with E-state index in [4.69, 9.17) is 4.74 Å². The molecule has 0 bridgehead atoms. The number of aromatic nitrogens is 2. The second-order valence-corrected chi connectivity index (χ2v) is 5.06. The fourth-order valence-electron chi connectivity index (χ4n) is 2.39. The van der Waals surface area contributed by atoms with Crippen LogP contribution in [0, 0.1) is 6.92 Å². The van der Waals surface area contributed by atoms with Crippen molar-refractivity contribution in [1.29, 1.82) is 0 Å². The van der Waals surface area contributed by atoms with E-state index in [1.165, 1.54) is 10.8 Å². The van der Waals surface area contributed by atoms with Gasteiger partial charge in [0, 0.05) is 24.2 Å². The lowest BCUT2D eigenvalue weighted by atomic mass is 10.1. The number of rotatable bonds is 3. The number of nitrogens with zero attached hydrogens (tertiary/aromatic N) is 2. The second kappa shape index (κ2) is 5.28. The largest absolute Gasteiger partial charge is 0.394 e. The summed E-state index contributed by atoms with van der Waals surface area (Å²) < 4.78 is 7.07. The van der Waals surface area contributed by atoms with Crippen molar-refractivity contribution < 1.29 is 9.84 Å². The predicted molar refractivity (Wildman–Crippen MR) is 69.1 cm³/mol. The first-order valence-electron chi connectivity index (χ1n) is 6.19. The lowest BCUT2D eigenvalue weighted by molar-refractivity contribution is -0.0353. The zero-order valence-electron chi connectivity index (χ0n) is 11.3. The van der Waals surface area contributed by atoms with Crippen LogP contribution < -0.4 is 11.2 Å². The van der Waals surface area contributed by atoms with Crippen molar-refractivity contribution in [3.8, 4) is 0 Å². The van der Waals surface area contributed by atoms with Gasteiger partial charge >= 0.3 is 5.69 Å². The van der Waals surface area contributed by atoms with Gasteiger partial charge in [0.2, 0.25) is 0 Å². The Labute approximate surface area is 110 Å². The molecule has 1 aliphatic heterocycles. The topological polar surface area (TPSA) is 87.6 Å². The van der Waals surface area contributed by atoms with Crippen molar-refractivity contribution in [3.05, 3.63) is 32.6 Å². The molecule has 7 nitrogen and oxygen atoms in total. The van der Waals surface area contributed by atoms with E-state index in [0.717, 1.165) is 0 Å². The highest BCUT2D eigenvalue weighted by atomic mass is 16.5. The Kier molecular flexibility index (Phi) is 3.88. The van der Waals surface area contributed by atoms with Crippen molar-refractivity contribution in [2.45, 2.75) is 31.7 Å². The second-order valence-electron chi connectivity index (χ2n) is 5.06. The molecule has 1 saturated heterocycles. The normalized spacial score (nSPS) is 27.1. The number of likely N-dealkylation sites (N-methyl/N-ethyl adjacent to an activating group) is 1. The summed E-state index contributed by atoms with van der Waals surface area (Å²) in [5.74, 6) is 0. The average molecular weight is 269 g/mol. The molecule has 3 atom stereocenters. The number of aromatic amines is 1. The maximum atomic E-state index is 11.8. The smallest absolute Gasteiger partial charge is 0.330 e. The number of nitrogens with one attached hydrogen (secondary N) is 1. The summed E-state index contributed by atoms with van der Waals surface area (Å²) in [6, 6.07) is 0.0362. The Bertz CT molecular complexity index is 563. The summed E-state index contributed by atoms with van der Waals surface area (Å²) in [4.78, 5) is 27.4. The summed E-state index contributed by atoms with van der Waals surface area (Å²) in [5, 5.41) is 9.32. The van der Waals surface area contributed by atoms with E-state index < -0.39 is 11.9 Å². The molecule has 0 aromatic carbocycles. The number of aliphatic hydroxyl groups is 1. The molecule has 2 N–H and O–H groups in total.